The highest BCUT2D eigenvalue weighted by atomic mass is 16.2. The van der Waals surface area contributed by atoms with Crippen molar-refractivity contribution >= 4 is 11.6 Å². The molecule has 1 unspecified atom stereocenters. The van der Waals surface area contributed by atoms with Gasteiger partial charge >= 0.3 is 0 Å². The zero-order valence-electron chi connectivity index (χ0n) is 7.74. The number of hydrogen-bond donors (Lipinski definition) is 1. The molecule has 0 fully saturated rings. The molecule has 0 spiro atoms. The second-order valence-electron chi connectivity index (χ2n) is 3.31. The Balaban J connectivity index is 2.80. The maximum atomic E-state index is 11.5. The molecule has 12 heavy (non-hydrogen) atoms. The number of hydrazone groups is 1. The van der Waals surface area contributed by atoms with Gasteiger partial charge in [0.05, 0.1) is 5.92 Å². The van der Waals surface area contributed by atoms with Crippen LogP contribution in [0.4, 0.5) is 0 Å². The fourth-order valence-electron chi connectivity index (χ4n) is 1.27. The van der Waals surface area contributed by atoms with Gasteiger partial charge in [-0.05, 0) is 20.8 Å². The van der Waals surface area contributed by atoms with Crippen molar-refractivity contribution < 1.29 is 4.79 Å². The van der Waals surface area contributed by atoms with Crippen LogP contribution in [-0.4, -0.2) is 29.2 Å². The van der Waals surface area contributed by atoms with Crippen molar-refractivity contribution in [2.45, 2.75) is 26.8 Å². The predicted molar refractivity (Wildman–Crippen MR) is 47.6 cm³/mol. The van der Waals surface area contributed by atoms with E-state index in [2.05, 4.69) is 5.10 Å². The molecule has 4 nitrogen and oxygen atoms in total. The van der Waals surface area contributed by atoms with Gasteiger partial charge in [0.25, 0.3) is 5.91 Å². The Morgan fingerprint density at radius 1 is 1.67 bits per heavy atom. The third kappa shape index (κ3) is 1.34. The molecule has 0 aromatic heterocycles. The van der Waals surface area contributed by atoms with E-state index in [4.69, 9.17) is 5.73 Å². The van der Waals surface area contributed by atoms with Crippen LogP contribution in [0.5, 0.6) is 0 Å². The second kappa shape index (κ2) is 3.23. The third-order valence-corrected chi connectivity index (χ3v) is 2.02. The van der Waals surface area contributed by atoms with Crippen LogP contribution in [0, 0.1) is 5.92 Å². The summed E-state index contributed by atoms with van der Waals surface area (Å²) in [6, 6.07) is 0.129. The van der Waals surface area contributed by atoms with Gasteiger partial charge in [0.1, 0.15) is 0 Å². The van der Waals surface area contributed by atoms with Crippen LogP contribution in [0.1, 0.15) is 20.8 Å². The fraction of sp³-hybridized carbons (Fsp3) is 0.750. The minimum atomic E-state index is -0.188. The number of amides is 1. The first-order chi connectivity index (χ1) is 5.57. The molecular formula is C8H15N3O. The molecule has 0 saturated carbocycles. The highest BCUT2D eigenvalue weighted by molar-refractivity contribution is 6.07. The normalized spacial score (nSPS) is 23.8. The van der Waals surface area contributed by atoms with Gasteiger partial charge in [-0.1, -0.05) is 0 Å². The van der Waals surface area contributed by atoms with Crippen molar-refractivity contribution in [2.75, 3.05) is 6.54 Å². The molecule has 0 radical (unpaired) electrons. The molecule has 0 aliphatic carbocycles. The van der Waals surface area contributed by atoms with Crippen molar-refractivity contribution in [3.05, 3.63) is 0 Å². The molecule has 0 aromatic rings. The predicted octanol–water partition coefficient (Wildman–Crippen LogP) is 0.188. The lowest BCUT2D eigenvalue weighted by molar-refractivity contribution is -0.133. The van der Waals surface area contributed by atoms with Gasteiger partial charge in [0.2, 0.25) is 0 Å². The first kappa shape index (κ1) is 9.19. The van der Waals surface area contributed by atoms with E-state index >= 15 is 0 Å². The number of rotatable bonds is 2. The van der Waals surface area contributed by atoms with Crippen molar-refractivity contribution in [2.24, 2.45) is 16.8 Å². The molecule has 0 aromatic carbocycles. The molecule has 1 amide bonds. The number of hydrogen-bond acceptors (Lipinski definition) is 3. The molecule has 68 valence electrons. The summed E-state index contributed by atoms with van der Waals surface area (Å²) in [7, 11) is 0. The van der Waals surface area contributed by atoms with Crippen molar-refractivity contribution in [3.63, 3.8) is 0 Å². The maximum Gasteiger partial charge on any atom is 0.253 e. The molecule has 0 saturated heterocycles. The molecule has 1 atom stereocenters. The van der Waals surface area contributed by atoms with Gasteiger partial charge in [0, 0.05) is 18.3 Å². The zero-order valence-corrected chi connectivity index (χ0v) is 7.74. The fourth-order valence-corrected chi connectivity index (χ4v) is 1.27. The highest BCUT2D eigenvalue weighted by Gasteiger charge is 2.33. The largest absolute Gasteiger partial charge is 0.329 e. The lowest BCUT2D eigenvalue weighted by Crippen LogP contribution is -2.35. The van der Waals surface area contributed by atoms with E-state index in [-0.39, 0.29) is 17.9 Å². The Morgan fingerprint density at radius 3 is 2.50 bits per heavy atom. The van der Waals surface area contributed by atoms with Crippen LogP contribution >= 0.6 is 0 Å². The molecule has 1 heterocycles. The van der Waals surface area contributed by atoms with E-state index < -0.39 is 0 Å². The minimum absolute atomic E-state index is 0.0324. The molecule has 1 aliphatic heterocycles. The highest BCUT2D eigenvalue weighted by Crippen LogP contribution is 2.16. The molecular weight excluding hydrogens is 154 g/mol. The van der Waals surface area contributed by atoms with E-state index in [0.29, 0.717) is 6.54 Å². The second-order valence-corrected chi connectivity index (χ2v) is 3.31. The Labute approximate surface area is 72.4 Å². The van der Waals surface area contributed by atoms with Crippen molar-refractivity contribution in [1.29, 1.82) is 0 Å². The Bertz CT molecular complexity index is 222. The molecule has 1 rings (SSSR count). The molecule has 2 N–H and O–H groups in total. The SMILES string of the molecule is CC1=NN(C(C)C)C(=O)C1CN. The van der Waals surface area contributed by atoms with Crippen molar-refractivity contribution in [3.8, 4) is 0 Å². The average Bonchev–Trinajstić information content (AvgIpc) is 2.27. The summed E-state index contributed by atoms with van der Waals surface area (Å²) in [6.07, 6.45) is 0. The first-order valence-corrected chi connectivity index (χ1v) is 4.16. The lowest BCUT2D eigenvalue weighted by atomic mass is 10.1. The average molecular weight is 169 g/mol. The van der Waals surface area contributed by atoms with E-state index in [1.54, 1.807) is 0 Å². The molecule has 1 aliphatic rings. The van der Waals surface area contributed by atoms with E-state index in [1.165, 1.54) is 5.01 Å². The van der Waals surface area contributed by atoms with E-state index in [0.717, 1.165) is 5.71 Å². The van der Waals surface area contributed by atoms with Crippen LogP contribution in [-0.2, 0) is 4.79 Å². The Hall–Kier alpha value is -0.900. The van der Waals surface area contributed by atoms with E-state index in [1.807, 2.05) is 20.8 Å². The maximum absolute atomic E-state index is 11.5. The van der Waals surface area contributed by atoms with E-state index in [9.17, 15) is 4.79 Å². The summed E-state index contributed by atoms with van der Waals surface area (Å²) in [5.41, 5.74) is 6.28. The Morgan fingerprint density at radius 2 is 2.25 bits per heavy atom. The number of carbonyl (C=O) groups is 1. The van der Waals surface area contributed by atoms with Gasteiger partial charge < -0.3 is 5.73 Å². The number of nitrogens with zero attached hydrogens (tertiary/aromatic N) is 2. The van der Waals surface area contributed by atoms with Gasteiger partial charge in [-0.2, -0.15) is 5.10 Å². The zero-order chi connectivity index (χ0) is 9.30. The standard InChI is InChI=1S/C8H15N3O/c1-5(2)11-8(12)7(4-9)6(3)10-11/h5,7H,4,9H2,1-3H3. The molecule has 0 bridgehead atoms. The van der Waals surface area contributed by atoms with Crippen LogP contribution in [0.3, 0.4) is 0 Å². The first-order valence-electron chi connectivity index (χ1n) is 4.16. The summed E-state index contributed by atoms with van der Waals surface area (Å²) in [6.45, 7) is 6.08. The lowest BCUT2D eigenvalue weighted by Gasteiger charge is -2.17. The van der Waals surface area contributed by atoms with Crippen LogP contribution in [0.25, 0.3) is 0 Å². The summed E-state index contributed by atoms with van der Waals surface area (Å²) in [5.74, 6) is -0.155. The van der Waals surface area contributed by atoms with Crippen LogP contribution < -0.4 is 5.73 Å². The minimum Gasteiger partial charge on any atom is -0.329 e. The quantitative estimate of drug-likeness (QED) is 0.641. The number of carbonyl (C=O) groups excluding carboxylic acids is 1. The smallest absolute Gasteiger partial charge is 0.253 e. The monoisotopic (exact) mass is 169 g/mol. The summed E-state index contributed by atoms with van der Waals surface area (Å²) in [5, 5.41) is 5.65. The molecule has 4 heteroatoms. The van der Waals surface area contributed by atoms with Crippen LogP contribution in [0.15, 0.2) is 5.10 Å². The van der Waals surface area contributed by atoms with Gasteiger partial charge in [-0.25, -0.2) is 5.01 Å². The van der Waals surface area contributed by atoms with Gasteiger partial charge in [-0.3, -0.25) is 4.79 Å². The summed E-state index contributed by atoms with van der Waals surface area (Å²) < 4.78 is 0. The topological polar surface area (TPSA) is 58.7 Å². The Kier molecular flexibility index (Phi) is 2.47. The van der Waals surface area contributed by atoms with Crippen LogP contribution in [0.2, 0.25) is 0 Å². The van der Waals surface area contributed by atoms with Crippen molar-refractivity contribution in [1.82, 2.24) is 5.01 Å². The summed E-state index contributed by atoms with van der Waals surface area (Å²) >= 11 is 0. The summed E-state index contributed by atoms with van der Waals surface area (Å²) in [4.78, 5) is 11.5. The third-order valence-electron chi connectivity index (χ3n) is 2.02. The van der Waals surface area contributed by atoms with Gasteiger partial charge in [0.15, 0.2) is 0 Å². The number of nitrogens with two attached hydrogens (primary N) is 1. The van der Waals surface area contributed by atoms with Gasteiger partial charge in [-0.15, -0.1) is 0 Å².